The highest BCUT2D eigenvalue weighted by Gasteiger charge is 2.12. The third-order valence-corrected chi connectivity index (χ3v) is 1.90. The van der Waals surface area contributed by atoms with Gasteiger partial charge in [0.05, 0.1) is 6.20 Å². The third-order valence-electron chi connectivity index (χ3n) is 1.90. The molecule has 1 amide bonds. The van der Waals surface area contributed by atoms with Gasteiger partial charge in [-0.1, -0.05) is 0 Å². The summed E-state index contributed by atoms with van der Waals surface area (Å²) in [6.07, 6.45) is 2.21. The quantitative estimate of drug-likeness (QED) is 0.543. The number of nitrogen functional groups attached to an aromatic ring is 1. The van der Waals surface area contributed by atoms with Gasteiger partial charge in [0.15, 0.2) is 0 Å². The lowest BCUT2D eigenvalue weighted by molar-refractivity contribution is 0.0954. The molecule has 0 aliphatic heterocycles. The highest BCUT2D eigenvalue weighted by Crippen LogP contribution is 2.08. The van der Waals surface area contributed by atoms with Crippen LogP contribution in [0.1, 0.15) is 16.8 Å². The lowest BCUT2D eigenvalue weighted by atomic mass is 10.3. The summed E-state index contributed by atoms with van der Waals surface area (Å²) in [5, 5.41) is 6.57. The van der Waals surface area contributed by atoms with Crippen molar-refractivity contribution in [3.05, 3.63) is 11.8 Å². The molecule has 14 heavy (non-hydrogen) atoms. The molecule has 1 rings (SSSR count). The molecule has 78 valence electrons. The van der Waals surface area contributed by atoms with E-state index in [1.807, 2.05) is 0 Å². The van der Waals surface area contributed by atoms with Crippen LogP contribution in [0.25, 0.3) is 0 Å². The van der Waals surface area contributed by atoms with E-state index in [0.29, 0.717) is 24.5 Å². The molecule has 0 radical (unpaired) electrons. The second kappa shape index (κ2) is 4.61. The third kappa shape index (κ3) is 2.23. The predicted molar refractivity (Wildman–Crippen MR) is 53.6 cm³/mol. The zero-order valence-electron chi connectivity index (χ0n) is 8.16. The number of rotatable bonds is 4. The summed E-state index contributed by atoms with van der Waals surface area (Å²) in [4.78, 5) is 11.5. The number of nitrogens with zero attached hydrogens (tertiary/aromatic N) is 2. The van der Waals surface area contributed by atoms with Crippen LogP contribution in [0.5, 0.6) is 0 Å². The van der Waals surface area contributed by atoms with Crippen molar-refractivity contribution in [2.45, 2.75) is 6.42 Å². The van der Waals surface area contributed by atoms with Gasteiger partial charge >= 0.3 is 0 Å². The largest absolute Gasteiger partial charge is 0.383 e. The van der Waals surface area contributed by atoms with Gasteiger partial charge in [-0.25, -0.2) is 0 Å². The number of nitrogens with two attached hydrogens (primary N) is 2. The van der Waals surface area contributed by atoms with Crippen LogP contribution in [0, 0.1) is 0 Å². The van der Waals surface area contributed by atoms with E-state index >= 15 is 0 Å². The second-order valence-corrected chi connectivity index (χ2v) is 2.97. The van der Waals surface area contributed by atoms with E-state index in [0.717, 1.165) is 6.42 Å². The lowest BCUT2D eigenvalue weighted by Crippen LogP contribution is -2.26. The molecule has 5 N–H and O–H groups in total. The van der Waals surface area contributed by atoms with Gasteiger partial charge in [-0.2, -0.15) is 5.10 Å². The molecule has 6 nitrogen and oxygen atoms in total. The maximum Gasteiger partial charge on any atom is 0.256 e. The van der Waals surface area contributed by atoms with E-state index in [4.69, 9.17) is 11.5 Å². The highest BCUT2D eigenvalue weighted by molar-refractivity contribution is 5.98. The molecular formula is C8H15N5O. The number of aryl methyl sites for hydroxylation is 1. The molecule has 0 aliphatic carbocycles. The Bertz CT molecular complexity index is 320. The fraction of sp³-hybridized carbons (Fsp3) is 0.500. The summed E-state index contributed by atoms with van der Waals surface area (Å²) in [6, 6.07) is 0. The first kappa shape index (κ1) is 10.5. The van der Waals surface area contributed by atoms with Crippen molar-refractivity contribution in [2.75, 3.05) is 18.8 Å². The number of amides is 1. The number of carbonyl (C=O) groups is 1. The number of carbonyl (C=O) groups excluding carboxylic acids is 1. The fourth-order valence-electron chi connectivity index (χ4n) is 1.02. The first-order valence-corrected chi connectivity index (χ1v) is 4.42. The van der Waals surface area contributed by atoms with Gasteiger partial charge in [-0.15, -0.1) is 0 Å². The Hall–Kier alpha value is -1.56. The van der Waals surface area contributed by atoms with Crippen LogP contribution in [0.4, 0.5) is 5.82 Å². The zero-order valence-corrected chi connectivity index (χ0v) is 8.16. The smallest absolute Gasteiger partial charge is 0.256 e. The SMILES string of the molecule is Cn1ncc(C(=O)NCCCN)c1N. The van der Waals surface area contributed by atoms with Crippen LogP contribution in [-0.2, 0) is 7.05 Å². The molecule has 0 saturated heterocycles. The number of nitrogens with one attached hydrogen (secondary N) is 1. The first-order chi connectivity index (χ1) is 6.66. The Morgan fingerprint density at radius 3 is 2.93 bits per heavy atom. The standard InChI is InChI=1S/C8H15N5O/c1-13-7(10)6(5-12-13)8(14)11-4-2-3-9/h5H,2-4,9-10H2,1H3,(H,11,14). The van der Waals surface area contributed by atoms with Crippen molar-refractivity contribution < 1.29 is 4.79 Å². The highest BCUT2D eigenvalue weighted by atomic mass is 16.1. The molecule has 0 spiro atoms. The van der Waals surface area contributed by atoms with E-state index in [1.54, 1.807) is 7.05 Å². The fourth-order valence-corrected chi connectivity index (χ4v) is 1.02. The van der Waals surface area contributed by atoms with E-state index in [2.05, 4.69) is 10.4 Å². The topological polar surface area (TPSA) is 99.0 Å². The van der Waals surface area contributed by atoms with Crippen LogP contribution in [0.2, 0.25) is 0 Å². The van der Waals surface area contributed by atoms with Crippen molar-refractivity contribution >= 4 is 11.7 Å². The molecule has 1 heterocycles. The maximum atomic E-state index is 11.5. The molecule has 1 aromatic rings. The Balaban J connectivity index is 2.56. The molecular weight excluding hydrogens is 182 g/mol. The predicted octanol–water partition coefficient (Wildman–Crippen LogP) is -0.919. The summed E-state index contributed by atoms with van der Waals surface area (Å²) in [5.74, 6) is 0.166. The molecule has 0 aromatic carbocycles. The molecule has 0 atom stereocenters. The van der Waals surface area contributed by atoms with Crippen molar-refractivity contribution in [2.24, 2.45) is 12.8 Å². The minimum atomic E-state index is -0.205. The summed E-state index contributed by atoms with van der Waals surface area (Å²) in [5.41, 5.74) is 11.3. The molecule has 0 bridgehead atoms. The molecule has 6 heteroatoms. The van der Waals surface area contributed by atoms with E-state index < -0.39 is 0 Å². The Morgan fingerprint density at radius 1 is 1.71 bits per heavy atom. The first-order valence-electron chi connectivity index (χ1n) is 4.42. The summed E-state index contributed by atoms with van der Waals surface area (Å²) < 4.78 is 1.46. The Kier molecular flexibility index (Phi) is 3.47. The average molecular weight is 197 g/mol. The lowest BCUT2D eigenvalue weighted by Gasteiger charge is -2.02. The van der Waals surface area contributed by atoms with Gasteiger partial charge in [0.1, 0.15) is 11.4 Å². The molecule has 1 aromatic heterocycles. The summed E-state index contributed by atoms with van der Waals surface area (Å²) in [7, 11) is 1.69. The minimum absolute atomic E-state index is 0.205. The molecule has 0 saturated carbocycles. The summed E-state index contributed by atoms with van der Waals surface area (Å²) >= 11 is 0. The van der Waals surface area contributed by atoms with Gasteiger partial charge in [0.2, 0.25) is 0 Å². The van der Waals surface area contributed by atoms with E-state index in [-0.39, 0.29) is 5.91 Å². The van der Waals surface area contributed by atoms with Crippen LogP contribution < -0.4 is 16.8 Å². The normalized spacial score (nSPS) is 10.1. The number of aromatic nitrogens is 2. The molecule has 0 unspecified atom stereocenters. The van der Waals surface area contributed by atoms with E-state index in [9.17, 15) is 4.79 Å². The van der Waals surface area contributed by atoms with Gasteiger partial charge < -0.3 is 16.8 Å². The zero-order chi connectivity index (χ0) is 10.6. The van der Waals surface area contributed by atoms with Crippen LogP contribution in [-0.4, -0.2) is 28.8 Å². The molecule has 0 aliphatic rings. The Morgan fingerprint density at radius 2 is 2.43 bits per heavy atom. The second-order valence-electron chi connectivity index (χ2n) is 2.97. The number of hydrogen-bond acceptors (Lipinski definition) is 4. The van der Waals surface area contributed by atoms with Crippen molar-refractivity contribution in [1.82, 2.24) is 15.1 Å². The summed E-state index contributed by atoms with van der Waals surface area (Å²) in [6.45, 7) is 1.12. The van der Waals surface area contributed by atoms with Crippen molar-refractivity contribution in [1.29, 1.82) is 0 Å². The van der Waals surface area contributed by atoms with Gasteiger partial charge in [-0.3, -0.25) is 9.48 Å². The Labute approximate surface area is 82.3 Å². The van der Waals surface area contributed by atoms with Gasteiger partial charge in [-0.05, 0) is 13.0 Å². The maximum absolute atomic E-state index is 11.5. The average Bonchev–Trinajstić information content (AvgIpc) is 2.48. The molecule has 0 fully saturated rings. The van der Waals surface area contributed by atoms with Gasteiger partial charge in [0, 0.05) is 13.6 Å². The van der Waals surface area contributed by atoms with Crippen LogP contribution in [0.15, 0.2) is 6.20 Å². The van der Waals surface area contributed by atoms with Gasteiger partial charge in [0.25, 0.3) is 5.91 Å². The number of hydrogen-bond donors (Lipinski definition) is 3. The monoisotopic (exact) mass is 197 g/mol. The van der Waals surface area contributed by atoms with Crippen molar-refractivity contribution in [3.8, 4) is 0 Å². The van der Waals surface area contributed by atoms with E-state index in [1.165, 1.54) is 10.9 Å². The van der Waals surface area contributed by atoms with Crippen LogP contribution >= 0.6 is 0 Å². The number of anilines is 1. The minimum Gasteiger partial charge on any atom is -0.383 e. The van der Waals surface area contributed by atoms with Crippen molar-refractivity contribution in [3.63, 3.8) is 0 Å². The van der Waals surface area contributed by atoms with Crippen LogP contribution in [0.3, 0.4) is 0 Å².